The first kappa shape index (κ1) is 26.2. The van der Waals surface area contributed by atoms with Gasteiger partial charge in [0.1, 0.15) is 0 Å². The highest BCUT2D eigenvalue weighted by Gasteiger charge is 2.44. The molecule has 10 nitrogen and oxygen atoms in total. The lowest BCUT2D eigenvalue weighted by molar-refractivity contribution is -0.138. The van der Waals surface area contributed by atoms with Gasteiger partial charge in [0.2, 0.25) is 10.0 Å². The van der Waals surface area contributed by atoms with Crippen LogP contribution in [0.15, 0.2) is 54.6 Å². The van der Waals surface area contributed by atoms with Gasteiger partial charge in [-0.1, -0.05) is 60.2 Å². The van der Waals surface area contributed by atoms with Crippen molar-refractivity contribution in [1.29, 1.82) is 0 Å². The van der Waals surface area contributed by atoms with Crippen molar-refractivity contribution in [3.8, 4) is 0 Å². The molecule has 1 aliphatic heterocycles. The number of methoxy groups -OCH3 is 1. The molecule has 1 heterocycles. The Morgan fingerprint density at radius 1 is 1.11 bits per heavy atom. The Morgan fingerprint density at radius 2 is 1.83 bits per heavy atom. The van der Waals surface area contributed by atoms with Gasteiger partial charge in [-0.15, -0.1) is 0 Å². The van der Waals surface area contributed by atoms with Crippen LogP contribution < -0.4 is 5.32 Å². The van der Waals surface area contributed by atoms with Crippen molar-refractivity contribution in [1.82, 2.24) is 14.5 Å². The van der Waals surface area contributed by atoms with Gasteiger partial charge in [-0.05, 0) is 24.5 Å². The highest BCUT2D eigenvalue weighted by molar-refractivity contribution is 7.88. The molecule has 2 amide bonds. The van der Waals surface area contributed by atoms with Gasteiger partial charge in [0, 0.05) is 13.1 Å². The van der Waals surface area contributed by atoms with Gasteiger partial charge in [-0.25, -0.2) is 13.2 Å². The molecule has 1 aliphatic rings. The summed E-state index contributed by atoms with van der Waals surface area (Å²) in [6, 6.07) is 14.6. The molecule has 0 aliphatic carbocycles. The van der Waals surface area contributed by atoms with Crippen molar-refractivity contribution in [2.45, 2.75) is 37.7 Å². The van der Waals surface area contributed by atoms with Gasteiger partial charge in [0.25, 0.3) is 5.91 Å². The largest absolute Gasteiger partial charge is 0.481 e. The third kappa shape index (κ3) is 6.58. The van der Waals surface area contributed by atoms with E-state index >= 15 is 0 Å². The number of nitrogens with one attached hydrogen (secondary N) is 1. The number of carbonyl (C=O) groups is 3. The molecule has 0 bridgehead atoms. The van der Waals surface area contributed by atoms with Crippen molar-refractivity contribution < 1.29 is 32.6 Å². The number of rotatable bonds is 8. The molecule has 2 aromatic carbocycles. The molecule has 0 saturated carbocycles. The first-order valence-electron chi connectivity index (χ1n) is 11.1. The second kappa shape index (κ2) is 11.3. The van der Waals surface area contributed by atoms with Crippen LogP contribution >= 0.6 is 0 Å². The Hall–Kier alpha value is -3.44. The highest BCUT2D eigenvalue weighted by atomic mass is 32.2. The van der Waals surface area contributed by atoms with E-state index in [1.54, 1.807) is 48.5 Å². The zero-order valence-electron chi connectivity index (χ0n) is 19.6. The van der Waals surface area contributed by atoms with Crippen molar-refractivity contribution in [3.63, 3.8) is 0 Å². The zero-order valence-corrected chi connectivity index (χ0v) is 20.4. The Bertz CT molecular complexity index is 1170. The number of amides is 2. The van der Waals surface area contributed by atoms with E-state index in [0.717, 1.165) is 21.9 Å². The van der Waals surface area contributed by atoms with E-state index in [1.165, 1.54) is 0 Å². The van der Waals surface area contributed by atoms with Crippen molar-refractivity contribution in [2.75, 3.05) is 20.2 Å². The van der Waals surface area contributed by atoms with Crippen LogP contribution in [0.5, 0.6) is 0 Å². The quantitative estimate of drug-likeness (QED) is 0.564. The molecule has 0 spiro atoms. The summed E-state index contributed by atoms with van der Waals surface area (Å²) in [5, 5.41) is 12.1. The van der Waals surface area contributed by atoms with Crippen LogP contribution in [0.25, 0.3) is 0 Å². The minimum Gasteiger partial charge on any atom is -0.481 e. The number of ether oxygens (including phenoxy) is 1. The molecule has 3 rings (SSSR count). The van der Waals surface area contributed by atoms with Crippen molar-refractivity contribution >= 4 is 28.0 Å². The molecular formula is C24H29N3O7S. The zero-order chi connectivity index (χ0) is 25.6. The lowest BCUT2D eigenvalue weighted by atomic mass is 10.0. The van der Waals surface area contributed by atoms with Crippen LogP contribution in [0, 0.1) is 6.92 Å². The van der Waals surface area contributed by atoms with E-state index in [9.17, 15) is 27.9 Å². The number of benzene rings is 2. The summed E-state index contributed by atoms with van der Waals surface area (Å²) < 4.78 is 32.6. The van der Waals surface area contributed by atoms with Crippen LogP contribution in [-0.2, 0) is 30.1 Å². The van der Waals surface area contributed by atoms with E-state index in [0.29, 0.717) is 17.5 Å². The van der Waals surface area contributed by atoms with Crippen LogP contribution in [0.4, 0.5) is 4.79 Å². The van der Waals surface area contributed by atoms with E-state index in [2.05, 4.69) is 5.32 Å². The number of carboxylic acids is 1. The summed E-state index contributed by atoms with van der Waals surface area (Å²) in [5.41, 5.74) is 1.96. The number of carbonyl (C=O) groups excluding carboxylic acids is 2. The summed E-state index contributed by atoms with van der Waals surface area (Å²) >= 11 is 0. The Labute approximate surface area is 204 Å². The molecule has 1 saturated heterocycles. The second-order valence-electron chi connectivity index (χ2n) is 8.32. The van der Waals surface area contributed by atoms with E-state index in [1.807, 2.05) is 13.0 Å². The van der Waals surface area contributed by atoms with Crippen molar-refractivity contribution in [3.05, 3.63) is 71.3 Å². The van der Waals surface area contributed by atoms with Crippen molar-refractivity contribution in [2.24, 2.45) is 0 Å². The Morgan fingerprint density at radius 3 is 2.46 bits per heavy atom. The smallest absolute Gasteiger partial charge is 0.411 e. The van der Waals surface area contributed by atoms with Gasteiger partial charge in [0.05, 0.1) is 25.3 Å². The topological polar surface area (TPSA) is 133 Å². The maximum Gasteiger partial charge on any atom is 0.411 e. The van der Waals surface area contributed by atoms with E-state index in [4.69, 9.17) is 4.74 Å². The lowest BCUT2D eigenvalue weighted by Gasteiger charge is -2.41. The summed E-state index contributed by atoms with van der Waals surface area (Å²) in [6.45, 7) is 1.96. The molecule has 1 fully saturated rings. The van der Waals surface area contributed by atoms with E-state index < -0.39 is 46.6 Å². The minimum atomic E-state index is -4.03. The van der Waals surface area contributed by atoms with E-state index in [-0.39, 0.29) is 18.8 Å². The number of hydrogen-bond acceptors (Lipinski definition) is 6. The molecule has 188 valence electrons. The number of hydrogen-bond donors (Lipinski definition) is 2. The normalized spacial score (nSPS) is 17.4. The fraction of sp³-hybridized carbons (Fsp3) is 0.375. The predicted molar refractivity (Wildman–Crippen MR) is 128 cm³/mol. The summed E-state index contributed by atoms with van der Waals surface area (Å²) in [6.07, 6.45) is -2.48. The fourth-order valence-corrected chi connectivity index (χ4v) is 5.80. The Balaban J connectivity index is 1.95. The lowest BCUT2D eigenvalue weighted by Crippen LogP contribution is -2.63. The number of carboxylic acid groups (broad SMARTS) is 1. The molecule has 11 heteroatoms. The standard InChI is InChI=1S/C24H29N3O7S/c1-17-8-6-11-19(14-17)20(15-21(28)29)25-22(30)23-26(24(31)34-2)12-7-13-27(23)35(32,33)16-18-9-4-3-5-10-18/h3-6,8-11,14,20,23H,7,12-13,15-16H2,1-2H3,(H,25,30)(H,28,29). The first-order chi connectivity index (χ1) is 16.6. The summed E-state index contributed by atoms with van der Waals surface area (Å²) in [5.74, 6) is -2.30. The van der Waals surface area contributed by atoms with Crippen LogP contribution in [0.1, 0.15) is 35.6 Å². The predicted octanol–water partition coefficient (Wildman–Crippen LogP) is 2.26. The molecule has 2 N–H and O–H groups in total. The average molecular weight is 504 g/mol. The molecular weight excluding hydrogens is 474 g/mol. The number of nitrogens with zero attached hydrogens (tertiary/aromatic N) is 2. The average Bonchev–Trinajstić information content (AvgIpc) is 2.82. The summed E-state index contributed by atoms with van der Waals surface area (Å²) in [7, 11) is -2.88. The minimum absolute atomic E-state index is 0.0226. The second-order valence-corrected chi connectivity index (χ2v) is 10.2. The molecule has 0 radical (unpaired) electrons. The fourth-order valence-electron chi connectivity index (χ4n) is 4.10. The van der Waals surface area contributed by atoms with Crippen LogP contribution in [-0.4, -0.2) is 67.1 Å². The number of sulfonamides is 1. The highest BCUT2D eigenvalue weighted by Crippen LogP contribution is 2.25. The van der Waals surface area contributed by atoms with Gasteiger partial charge in [-0.2, -0.15) is 4.31 Å². The first-order valence-corrected chi connectivity index (χ1v) is 12.7. The van der Waals surface area contributed by atoms with Crippen LogP contribution in [0.2, 0.25) is 0 Å². The molecule has 2 aromatic rings. The number of aliphatic carboxylic acids is 1. The third-order valence-corrected chi connectivity index (χ3v) is 7.47. The summed E-state index contributed by atoms with van der Waals surface area (Å²) in [4.78, 5) is 38.6. The maximum absolute atomic E-state index is 13.5. The third-order valence-electron chi connectivity index (χ3n) is 5.68. The monoisotopic (exact) mass is 503 g/mol. The van der Waals surface area contributed by atoms with Crippen LogP contribution in [0.3, 0.4) is 0 Å². The Kier molecular flexibility index (Phi) is 8.47. The SMILES string of the molecule is COC(=O)N1CCCN(S(=O)(=O)Cc2ccccc2)C1C(=O)NC(CC(=O)O)c1cccc(C)c1. The van der Waals surface area contributed by atoms with Gasteiger partial charge < -0.3 is 15.2 Å². The molecule has 2 unspecified atom stereocenters. The molecule has 2 atom stereocenters. The molecule has 0 aromatic heterocycles. The van der Waals surface area contributed by atoms with Gasteiger partial charge in [0.15, 0.2) is 6.17 Å². The van der Waals surface area contributed by atoms with Gasteiger partial charge >= 0.3 is 12.1 Å². The maximum atomic E-state index is 13.5. The van der Waals surface area contributed by atoms with Gasteiger partial charge in [-0.3, -0.25) is 14.5 Å². The number of aryl methyl sites for hydroxylation is 1. The molecule has 35 heavy (non-hydrogen) atoms.